The fraction of sp³-hybridized carbons (Fsp3) is 0.786. The fourth-order valence-electron chi connectivity index (χ4n) is 3.40. The SMILES string of the molecule is COC(=O)CC(C)C1=CC[C@H]2C[C@@H]1C2(C)C. The Balaban J connectivity index is 2.05. The lowest BCUT2D eigenvalue weighted by molar-refractivity contribution is -0.141. The molecule has 0 aromatic heterocycles. The number of fused-ring (bicyclic) bond motifs is 1. The summed E-state index contributed by atoms with van der Waals surface area (Å²) in [5.41, 5.74) is 1.95. The Morgan fingerprint density at radius 1 is 1.62 bits per heavy atom. The molecule has 3 atom stereocenters. The van der Waals surface area contributed by atoms with E-state index in [1.54, 1.807) is 0 Å². The first-order valence-electron chi connectivity index (χ1n) is 6.23. The van der Waals surface area contributed by atoms with Gasteiger partial charge in [-0.05, 0) is 36.0 Å². The lowest BCUT2D eigenvalue weighted by Crippen LogP contribution is -2.49. The van der Waals surface area contributed by atoms with Gasteiger partial charge in [0.15, 0.2) is 0 Å². The maximum Gasteiger partial charge on any atom is 0.306 e. The maximum absolute atomic E-state index is 11.3. The van der Waals surface area contributed by atoms with Gasteiger partial charge < -0.3 is 4.74 Å². The number of carbonyl (C=O) groups excluding carboxylic acids is 1. The topological polar surface area (TPSA) is 26.3 Å². The molecule has 0 amide bonds. The van der Waals surface area contributed by atoms with Gasteiger partial charge in [-0.15, -0.1) is 0 Å². The van der Waals surface area contributed by atoms with Crippen molar-refractivity contribution in [2.45, 2.75) is 40.0 Å². The average Bonchev–Trinajstić information content (AvgIpc) is 2.28. The van der Waals surface area contributed by atoms with Gasteiger partial charge in [-0.25, -0.2) is 0 Å². The van der Waals surface area contributed by atoms with Gasteiger partial charge in [-0.1, -0.05) is 32.4 Å². The molecule has 2 bridgehead atoms. The van der Waals surface area contributed by atoms with E-state index in [1.807, 2.05) is 0 Å². The molecular weight excluding hydrogens is 200 g/mol. The number of esters is 1. The van der Waals surface area contributed by atoms with Gasteiger partial charge in [0.05, 0.1) is 13.5 Å². The Hall–Kier alpha value is -0.790. The van der Waals surface area contributed by atoms with Crippen LogP contribution in [0.25, 0.3) is 0 Å². The van der Waals surface area contributed by atoms with E-state index in [9.17, 15) is 4.79 Å². The van der Waals surface area contributed by atoms with Crippen molar-refractivity contribution in [1.82, 2.24) is 0 Å². The van der Waals surface area contributed by atoms with Crippen LogP contribution in [-0.4, -0.2) is 13.1 Å². The van der Waals surface area contributed by atoms with Crippen molar-refractivity contribution < 1.29 is 9.53 Å². The normalized spacial score (nSPS) is 32.4. The number of hydrogen-bond acceptors (Lipinski definition) is 2. The molecule has 1 fully saturated rings. The third-order valence-electron chi connectivity index (χ3n) is 4.78. The highest BCUT2D eigenvalue weighted by Gasteiger charge is 2.51. The molecule has 0 aliphatic heterocycles. The molecule has 2 heteroatoms. The van der Waals surface area contributed by atoms with Crippen molar-refractivity contribution in [2.75, 3.05) is 7.11 Å². The molecule has 1 unspecified atom stereocenters. The molecule has 0 spiro atoms. The van der Waals surface area contributed by atoms with Crippen LogP contribution < -0.4 is 0 Å². The minimum Gasteiger partial charge on any atom is -0.469 e. The van der Waals surface area contributed by atoms with Crippen LogP contribution in [0.15, 0.2) is 11.6 Å². The molecule has 3 aliphatic rings. The number of allylic oxidation sites excluding steroid dienone is 2. The molecule has 90 valence electrons. The summed E-state index contributed by atoms with van der Waals surface area (Å²) in [5, 5.41) is 0. The molecule has 16 heavy (non-hydrogen) atoms. The lowest BCUT2D eigenvalue weighted by Gasteiger charge is -2.57. The third kappa shape index (κ3) is 1.68. The Labute approximate surface area is 98.1 Å². The van der Waals surface area contributed by atoms with Gasteiger partial charge in [-0.2, -0.15) is 0 Å². The van der Waals surface area contributed by atoms with Crippen LogP contribution >= 0.6 is 0 Å². The zero-order valence-electron chi connectivity index (χ0n) is 10.7. The van der Waals surface area contributed by atoms with Gasteiger partial charge in [-0.3, -0.25) is 4.79 Å². The van der Waals surface area contributed by atoms with Crippen LogP contribution in [0.1, 0.15) is 40.0 Å². The van der Waals surface area contributed by atoms with E-state index in [0.717, 1.165) is 5.92 Å². The summed E-state index contributed by atoms with van der Waals surface area (Å²) in [5.74, 6) is 1.82. The van der Waals surface area contributed by atoms with Crippen molar-refractivity contribution in [3.63, 3.8) is 0 Å². The second-order valence-corrected chi connectivity index (χ2v) is 5.93. The third-order valence-corrected chi connectivity index (χ3v) is 4.78. The second-order valence-electron chi connectivity index (χ2n) is 5.93. The highest BCUT2D eigenvalue weighted by Crippen LogP contribution is 2.60. The summed E-state index contributed by atoms with van der Waals surface area (Å²) in [6, 6.07) is 0. The summed E-state index contributed by atoms with van der Waals surface area (Å²) in [7, 11) is 1.47. The minimum absolute atomic E-state index is 0.0901. The minimum atomic E-state index is -0.0901. The summed E-state index contributed by atoms with van der Waals surface area (Å²) in [6.45, 7) is 6.88. The van der Waals surface area contributed by atoms with Crippen molar-refractivity contribution in [3.8, 4) is 0 Å². The molecule has 0 heterocycles. The second kappa shape index (κ2) is 3.90. The van der Waals surface area contributed by atoms with Crippen molar-refractivity contribution in [2.24, 2.45) is 23.2 Å². The number of hydrogen-bond donors (Lipinski definition) is 0. The highest BCUT2D eigenvalue weighted by atomic mass is 16.5. The molecule has 3 aliphatic carbocycles. The van der Waals surface area contributed by atoms with Crippen LogP contribution in [0.3, 0.4) is 0 Å². The first kappa shape index (κ1) is 11.7. The number of methoxy groups -OCH3 is 1. The molecule has 2 nitrogen and oxygen atoms in total. The molecule has 0 N–H and O–H groups in total. The Bertz CT molecular complexity index is 328. The van der Waals surface area contributed by atoms with E-state index in [1.165, 1.54) is 25.5 Å². The zero-order valence-corrected chi connectivity index (χ0v) is 10.7. The summed E-state index contributed by atoms with van der Waals surface area (Å²) in [6.07, 6.45) is 5.42. The standard InChI is InChI=1S/C14H22O2/c1-9(7-13(15)16-4)11-6-5-10-8-12(11)14(10,2)3/h6,9-10,12H,5,7-8H2,1-4H3/t9?,10-,12-/m0/s1. The summed E-state index contributed by atoms with van der Waals surface area (Å²) < 4.78 is 4.75. The van der Waals surface area contributed by atoms with Gasteiger partial charge in [0.25, 0.3) is 0 Å². The van der Waals surface area contributed by atoms with Gasteiger partial charge in [0.1, 0.15) is 0 Å². The van der Waals surface area contributed by atoms with Crippen molar-refractivity contribution >= 4 is 5.97 Å². The number of carbonyl (C=O) groups is 1. The molecule has 0 aromatic rings. The van der Waals surface area contributed by atoms with E-state index < -0.39 is 0 Å². The van der Waals surface area contributed by atoms with E-state index in [0.29, 0.717) is 23.7 Å². The predicted molar refractivity (Wildman–Crippen MR) is 63.9 cm³/mol. The Morgan fingerprint density at radius 2 is 2.31 bits per heavy atom. The maximum atomic E-state index is 11.3. The lowest BCUT2D eigenvalue weighted by atomic mass is 9.47. The zero-order chi connectivity index (χ0) is 11.9. The van der Waals surface area contributed by atoms with Crippen LogP contribution in [-0.2, 0) is 9.53 Å². The van der Waals surface area contributed by atoms with Crippen LogP contribution in [0.5, 0.6) is 0 Å². The summed E-state index contributed by atoms with van der Waals surface area (Å²) in [4.78, 5) is 11.3. The number of rotatable bonds is 3. The summed E-state index contributed by atoms with van der Waals surface area (Å²) >= 11 is 0. The van der Waals surface area contributed by atoms with Crippen LogP contribution in [0, 0.1) is 23.2 Å². The van der Waals surface area contributed by atoms with Crippen LogP contribution in [0.2, 0.25) is 0 Å². The molecule has 0 radical (unpaired) electrons. The highest BCUT2D eigenvalue weighted by molar-refractivity contribution is 5.70. The number of ether oxygens (including phenoxy) is 1. The molecule has 3 rings (SSSR count). The smallest absolute Gasteiger partial charge is 0.306 e. The van der Waals surface area contributed by atoms with Crippen LogP contribution in [0.4, 0.5) is 0 Å². The first-order chi connectivity index (χ1) is 7.46. The molecule has 1 saturated carbocycles. The van der Waals surface area contributed by atoms with Gasteiger partial charge in [0.2, 0.25) is 0 Å². The Kier molecular flexibility index (Phi) is 2.85. The van der Waals surface area contributed by atoms with Crippen molar-refractivity contribution in [1.29, 1.82) is 0 Å². The van der Waals surface area contributed by atoms with E-state index >= 15 is 0 Å². The van der Waals surface area contributed by atoms with Gasteiger partial charge in [0, 0.05) is 0 Å². The van der Waals surface area contributed by atoms with Crippen molar-refractivity contribution in [3.05, 3.63) is 11.6 Å². The molecule has 0 aromatic carbocycles. The Morgan fingerprint density at radius 3 is 2.81 bits per heavy atom. The van der Waals surface area contributed by atoms with E-state index in [-0.39, 0.29) is 5.97 Å². The predicted octanol–water partition coefficient (Wildman–Crippen LogP) is 3.18. The fourth-order valence-corrected chi connectivity index (χ4v) is 3.40. The average molecular weight is 222 g/mol. The largest absolute Gasteiger partial charge is 0.469 e. The van der Waals surface area contributed by atoms with Gasteiger partial charge >= 0.3 is 5.97 Å². The van der Waals surface area contributed by atoms with E-state index in [2.05, 4.69) is 26.8 Å². The first-order valence-corrected chi connectivity index (χ1v) is 6.23. The van der Waals surface area contributed by atoms with E-state index in [4.69, 9.17) is 4.74 Å². The molecular formula is C14H22O2. The quantitative estimate of drug-likeness (QED) is 0.541. The molecule has 0 saturated heterocycles. The monoisotopic (exact) mass is 222 g/mol.